The Morgan fingerprint density at radius 3 is 2.64 bits per heavy atom. The van der Waals surface area contributed by atoms with Crippen molar-refractivity contribution in [2.24, 2.45) is 10.9 Å². The van der Waals surface area contributed by atoms with Crippen LogP contribution in [0.4, 0.5) is 0 Å². The maximum atomic E-state index is 5.10. The number of hydrogen-bond acceptors (Lipinski definition) is 1. The maximum Gasteiger partial charge on any atom is 0.130 e. The Morgan fingerprint density at radius 1 is 1.29 bits per heavy atom. The van der Waals surface area contributed by atoms with Gasteiger partial charge in [-0.2, -0.15) is 0 Å². The Kier molecular flexibility index (Phi) is 9.72. The highest BCUT2D eigenvalue weighted by molar-refractivity contribution is 6.49. The number of aliphatic imine (C=N–C) groups is 1. The number of allylic oxidation sites excluding steroid dienone is 3. The van der Waals surface area contributed by atoms with Gasteiger partial charge in [-0.15, -0.1) is 0 Å². The molecule has 0 rings (SSSR count). The van der Waals surface area contributed by atoms with Crippen LogP contribution in [0.15, 0.2) is 29.4 Å². The molecule has 76 valence electrons. The molecule has 0 saturated heterocycles. The molecule has 14 heavy (non-hydrogen) atoms. The van der Waals surface area contributed by atoms with E-state index in [1.807, 2.05) is 6.08 Å². The molecular weight excluding hydrogens is 169 g/mol. The predicted molar refractivity (Wildman–Crippen MR) is 65.8 cm³/mol. The van der Waals surface area contributed by atoms with Gasteiger partial charge in [-0.3, -0.25) is 4.99 Å². The van der Waals surface area contributed by atoms with E-state index in [9.17, 15) is 0 Å². The first-order valence-corrected chi connectivity index (χ1v) is 5.41. The van der Waals surface area contributed by atoms with E-state index >= 15 is 0 Å². The molecule has 0 aromatic heterocycles. The van der Waals surface area contributed by atoms with Gasteiger partial charge in [0.15, 0.2) is 0 Å². The van der Waals surface area contributed by atoms with Gasteiger partial charge in [0.2, 0.25) is 0 Å². The molecule has 1 atom stereocenters. The largest absolute Gasteiger partial charge is 0.280 e. The topological polar surface area (TPSA) is 12.4 Å². The summed E-state index contributed by atoms with van der Waals surface area (Å²) in [5.41, 5.74) is 0. The second kappa shape index (κ2) is 10.3. The van der Waals surface area contributed by atoms with Gasteiger partial charge in [0.25, 0.3) is 0 Å². The Morgan fingerprint density at radius 2 is 2.07 bits per heavy atom. The van der Waals surface area contributed by atoms with Crippen molar-refractivity contribution in [3.05, 3.63) is 24.4 Å². The first kappa shape index (κ1) is 13.2. The van der Waals surface area contributed by atoms with Crippen LogP contribution in [-0.4, -0.2) is 14.0 Å². The van der Waals surface area contributed by atoms with Gasteiger partial charge in [0.1, 0.15) is 7.85 Å². The summed E-state index contributed by atoms with van der Waals surface area (Å²) in [6.07, 6.45) is 14.3. The standard InChI is InChI=1S/C12H20BN/c1-3-5-8-12(4-2)9-6-7-10-14-11-13/h6-7,9-12H,3-5,8H2,1-2H3/b9-6+,10-7-,14-11?. The van der Waals surface area contributed by atoms with Crippen molar-refractivity contribution in [3.8, 4) is 0 Å². The summed E-state index contributed by atoms with van der Waals surface area (Å²) in [6, 6.07) is 0. The van der Waals surface area contributed by atoms with E-state index in [1.54, 1.807) is 6.20 Å². The minimum Gasteiger partial charge on any atom is -0.280 e. The van der Waals surface area contributed by atoms with Crippen LogP contribution < -0.4 is 0 Å². The maximum absolute atomic E-state index is 5.10. The lowest BCUT2D eigenvalue weighted by molar-refractivity contribution is 0.540. The zero-order valence-corrected chi connectivity index (χ0v) is 9.32. The summed E-state index contributed by atoms with van der Waals surface area (Å²) in [5, 5.41) is 0. The lowest BCUT2D eigenvalue weighted by Crippen LogP contribution is -1.93. The number of nitrogens with zero attached hydrogens (tertiary/aromatic N) is 1. The van der Waals surface area contributed by atoms with Gasteiger partial charge < -0.3 is 0 Å². The fourth-order valence-corrected chi connectivity index (χ4v) is 1.27. The first-order chi connectivity index (χ1) is 6.85. The SMILES string of the molecule is [B]C=N/C=C\C=C\C(CC)CCCC. The number of unbranched alkanes of at least 4 members (excludes halogenated alkanes) is 1. The molecule has 0 aromatic carbocycles. The third-order valence-electron chi connectivity index (χ3n) is 2.21. The third kappa shape index (κ3) is 7.84. The second-order valence-electron chi connectivity index (χ2n) is 3.34. The molecule has 0 N–H and O–H groups in total. The van der Waals surface area contributed by atoms with Crippen molar-refractivity contribution < 1.29 is 0 Å². The van der Waals surface area contributed by atoms with E-state index in [0.29, 0.717) is 5.92 Å². The zero-order valence-electron chi connectivity index (χ0n) is 9.32. The van der Waals surface area contributed by atoms with Crippen LogP contribution in [0.5, 0.6) is 0 Å². The van der Waals surface area contributed by atoms with Crippen LogP contribution in [0, 0.1) is 5.92 Å². The second-order valence-corrected chi connectivity index (χ2v) is 3.34. The summed E-state index contributed by atoms with van der Waals surface area (Å²) in [7, 11) is 5.10. The molecule has 2 heteroatoms. The lowest BCUT2D eigenvalue weighted by atomic mass is 9.99. The van der Waals surface area contributed by atoms with E-state index in [4.69, 9.17) is 7.85 Å². The molecule has 0 heterocycles. The van der Waals surface area contributed by atoms with E-state index in [0.717, 1.165) is 0 Å². The highest BCUT2D eigenvalue weighted by atomic mass is 14.6. The van der Waals surface area contributed by atoms with Crippen molar-refractivity contribution in [1.82, 2.24) is 0 Å². The average molecular weight is 189 g/mol. The summed E-state index contributed by atoms with van der Waals surface area (Å²) in [5.74, 6) is 0.710. The lowest BCUT2D eigenvalue weighted by Gasteiger charge is -2.07. The van der Waals surface area contributed by atoms with E-state index < -0.39 is 0 Å². The van der Waals surface area contributed by atoms with Gasteiger partial charge in [-0.25, -0.2) is 0 Å². The molecular formula is C12H20BN. The molecule has 0 fully saturated rings. The van der Waals surface area contributed by atoms with Crippen molar-refractivity contribution in [2.75, 3.05) is 0 Å². The molecule has 0 aliphatic carbocycles. The molecule has 0 saturated carbocycles. The Bertz CT molecular complexity index is 194. The van der Waals surface area contributed by atoms with Crippen molar-refractivity contribution in [3.63, 3.8) is 0 Å². The van der Waals surface area contributed by atoms with Gasteiger partial charge in [-0.1, -0.05) is 38.8 Å². The molecule has 0 aliphatic heterocycles. The normalized spacial score (nSPS) is 14.7. The molecule has 0 spiro atoms. The smallest absolute Gasteiger partial charge is 0.130 e. The minimum atomic E-state index is 0.710. The van der Waals surface area contributed by atoms with Gasteiger partial charge in [0.05, 0.1) is 0 Å². The van der Waals surface area contributed by atoms with Gasteiger partial charge in [-0.05, 0) is 30.9 Å². The monoisotopic (exact) mass is 189 g/mol. The summed E-state index contributed by atoms with van der Waals surface area (Å²) in [6.45, 7) is 4.46. The van der Waals surface area contributed by atoms with Gasteiger partial charge >= 0.3 is 0 Å². The van der Waals surface area contributed by atoms with Crippen LogP contribution in [0.3, 0.4) is 0 Å². The van der Waals surface area contributed by atoms with E-state index in [2.05, 4.69) is 31.0 Å². The highest BCUT2D eigenvalue weighted by Crippen LogP contribution is 2.13. The predicted octanol–water partition coefficient (Wildman–Crippen LogP) is 3.47. The van der Waals surface area contributed by atoms with Crippen molar-refractivity contribution in [2.45, 2.75) is 39.5 Å². The molecule has 0 bridgehead atoms. The zero-order chi connectivity index (χ0) is 10.6. The van der Waals surface area contributed by atoms with E-state index in [1.165, 1.54) is 31.8 Å². The molecule has 0 amide bonds. The Labute approximate surface area is 89.4 Å². The molecule has 0 aromatic rings. The molecule has 1 nitrogen and oxygen atoms in total. The van der Waals surface area contributed by atoms with E-state index in [-0.39, 0.29) is 0 Å². The van der Waals surface area contributed by atoms with Gasteiger partial charge in [0, 0.05) is 6.20 Å². The molecule has 1 unspecified atom stereocenters. The summed E-state index contributed by atoms with van der Waals surface area (Å²) >= 11 is 0. The van der Waals surface area contributed by atoms with Crippen LogP contribution in [-0.2, 0) is 0 Å². The number of hydrogen-bond donors (Lipinski definition) is 0. The summed E-state index contributed by atoms with van der Waals surface area (Å²) < 4.78 is 0. The van der Waals surface area contributed by atoms with Crippen LogP contribution in [0.2, 0.25) is 0 Å². The van der Waals surface area contributed by atoms with Crippen LogP contribution >= 0.6 is 0 Å². The molecule has 2 radical (unpaired) electrons. The van der Waals surface area contributed by atoms with Crippen molar-refractivity contribution in [1.29, 1.82) is 0 Å². The average Bonchev–Trinajstić information content (AvgIpc) is 2.22. The third-order valence-corrected chi connectivity index (χ3v) is 2.21. The highest BCUT2D eigenvalue weighted by Gasteiger charge is 1.98. The fourth-order valence-electron chi connectivity index (χ4n) is 1.27. The van der Waals surface area contributed by atoms with Crippen molar-refractivity contribution >= 4 is 14.0 Å². The molecule has 0 aliphatic rings. The summed E-state index contributed by atoms with van der Waals surface area (Å²) in [4.78, 5) is 3.78. The minimum absolute atomic E-state index is 0.710. The van der Waals surface area contributed by atoms with Crippen LogP contribution in [0.25, 0.3) is 0 Å². The Hall–Kier alpha value is -0.785. The quantitative estimate of drug-likeness (QED) is 0.330. The van der Waals surface area contributed by atoms with Crippen LogP contribution in [0.1, 0.15) is 39.5 Å². The number of rotatable bonds is 7. The fraction of sp³-hybridized carbons (Fsp3) is 0.583. The Balaban J connectivity index is 3.79. The first-order valence-electron chi connectivity index (χ1n) is 5.41.